The van der Waals surface area contributed by atoms with Crippen LogP contribution in [0, 0.1) is 5.82 Å². The number of primary sulfonamides is 1. The highest BCUT2D eigenvalue weighted by molar-refractivity contribution is 7.89. The Bertz CT molecular complexity index is 656. The maximum atomic E-state index is 13.4. The van der Waals surface area contributed by atoms with E-state index in [4.69, 9.17) is 5.14 Å². The molecular formula is C13H15FN2O3S. The Morgan fingerprint density at radius 1 is 1.30 bits per heavy atom. The number of nitrogens with two attached hydrogens (primary N) is 1. The zero-order chi connectivity index (χ0) is 14.8. The molecule has 1 atom stereocenters. The van der Waals surface area contributed by atoms with Gasteiger partial charge in [-0.3, -0.25) is 4.79 Å². The molecular weight excluding hydrogens is 283 g/mol. The van der Waals surface area contributed by atoms with Crippen molar-refractivity contribution in [2.24, 2.45) is 5.14 Å². The molecule has 2 rings (SSSR count). The molecule has 0 saturated heterocycles. The highest BCUT2D eigenvalue weighted by Gasteiger charge is 2.18. The number of hydrogen-bond acceptors (Lipinski definition) is 3. The summed E-state index contributed by atoms with van der Waals surface area (Å²) in [7, 11) is -4.05. The minimum Gasteiger partial charge on any atom is -0.349 e. The third-order valence-corrected chi connectivity index (χ3v) is 3.96. The van der Waals surface area contributed by atoms with E-state index in [1.165, 1.54) is 0 Å². The second-order valence-corrected chi connectivity index (χ2v) is 6.24. The molecule has 108 valence electrons. The van der Waals surface area contributed by atoms with Crippen LogP contribution < -0.4 is 10.5 Å². The van der Waals surface area contributed by atoms with Crippen LogP contribution in [-0.4, -0.2) is 20.4 Å². The van der Waals surface area contributed by atoms with Gasteiger partial charge < -0.3 is 5.32 Å². The second kappa shape index (κ2) is 5.72. The van der Waals surface area contributed by atoms with Crippen molar-refractivity contribution in [1.82, 2.24) is 5.32 Å². The Morgan fingerprint density at radius 3 is 2.65 bits per heavy atom. The molecule has 1 amide bonds. The normalized spacial score (nSPS) is 18.8. The Labute approximate surface area is 116 Å². The van der Waals surface area contributed by atoms with Gasteiger partial charge in [0.1, 0.15) is 5.82 Å². The number of allylic oxidation sites excluding steroid dienone is 1. The van der Waals surface area contributed by atoms with Gasteiger partial charge in [0.25, 0.3) is 5.91 Å². The van der Waals surface area contributed by atoms with Crippen LogP contribution >= 0.6 is 0 Å². The number of amides is 1. The van der Waals surface area contributed by atoms with E-state index in [2.05, 4.69) is 5.32 Å². The Balaban J connectivity index is 2.21. The maximum Gasteiger partial charge on any atom is 0.251 e. The average molecular weight is 298 g/mol. The molecule has 7 heteroatoms. The molecule has 20 heavy (non-hydrogen) atoms. The fraction of sp³-hybridized carbons (Fsp3) is 0.308. The summed E-state index contributed by atoms with van der Waals surface area (Å²) in [5.74, 6) is -1.32. The summed E-state index contributed by atoms with van der Waals surface area (Å²) in [6.07, 6.45) is 6.39. The van der Waals surface area contributed by atoms with Gasteiger partial charge in [-0.15, -0.1) is 0 Å². The molecule has 1 aliphatic rings. The van der Waals surface area contributed by atoms with E-state index in [0.29, 0.717) is 6.42 Å². The monoisotopic (exact) mass is 298 g/mol. The number of sulfonamides is 1. The van der Waals surface area contributed by atoms with Crippen molar-refractivity contribution in [2.75, 3.05) is 0 Å². The zero-order valence-electron chi connectivity index (χ0n) is 10.7. The van der Waals surface area contributed by atoms with Crippen molar-refractivity contribution >= 4 is 15.9 Å². The van der Waals surface area contributed by atoms with Gasteiger partial charge in [-0.1, -0.05) is 12.2 Å². The second-order valence-electron chi connectivity index (χ2n) is 4.68. The Morgan fingerprint density at radius 2 is 2.05 bits per heavy atom. The summed E-state index contributed by atoms with van der Waals surface area (Å²) in [6.45, 7) is 0. The summed E-state index contributed by atoms with van der Waals surface area (Å²) >= 11 is 0. The Kier molecular flexibility index (Phi) is 4.20. The molecule has 0 aliphatic heterocycles. The van der Waals surface area contributed by atoms with Crippen LogP contribution in [0.1, 0.15) is 29.6 Å². The highest BCUT2D eigenvalue weighted by Crippen LogP contribution is 2.15. The molecule has 0 saturated carbocycles. The van der Waals surface area contributed by atoms with Crippen LogP contribution in [-0.2, 0) is 10.0 Å². The van der Waals surface area contributed by atoms with Crippen LogP contribution in [0.5, 0.6) is 0 Å². The molecule has 3 N–H and O–H groups in total. The van der Waals surface area contributed by atoms with Crippen molar-refractivity contribution in [3.05, 3.63) is 41.7 Å². The maximum absolute atomic E-state index is 13.4. The van der Waals surface area contributed by atoms with E-state index in [1.807, 2.05) is 12.2 Å². The van der Waals surface area contributed by atoms with Gasteiger partial charge in [0.05, 0.1) is 4.90 Å². The third-order valence-electron chi connectivity index (χ3n) is 3.07. The molecule has 0 heterocycles. The van der Waals surface area contributed by atoms with Crippen LogP contribution in [0.15, 0.2) is 35.2 Å². The molecule has 0 bridgehead atoms. The molecule has 5 nitrogen and oxygen atoms in total. The largest absolute Gasteiger partial charge is 0.349 e. The molecule has 1 aromatic rings. The lowest BCUT2D eigenvalue weighted by atomic mass is 10.0. The predicted octanol–water partition coefficient (Wildman–Crippen LogP) is 1.31. The zero-order valence-corrected chi connectivity index (χ0v) is 11.5. The molecule has 1 aliphatic carbocycles. The number of nitrogens with one attached hydrogen (secondary N) is 1. The Hall–Kier alpha value is -1.73. The van der Waals surface area contributed by atoms with E-state index in [-0.39, 0.29) is 11.6 Å². The van der Waals surface area contributed by atoms with E-state index in [1.54, 1.807) is 0 Å². The van der Waals surface area contributed by atoms with E-state index in [9.17, 15) is 17.6 Å². The SMILES string of the molecule is NS(=O)(=O)c1cc(F)cc(C(=O)NC2CC=CCC2)c1. The first-order valence-corrected chi connectivity index (χ1v) is 7.70. The van der Waals surface area contributed by atoms with Crippen LogP contribution in [0.3, 0.4) is 0 Å². The number of carbonyl (C=O) groups excluding carboxylic acids is 1. The van der Waals surface area contributed by atoms with E-state index < -0.39 is 26.6 Å². The van der Waals surface area contributed by atoms with Crippen molar-refractivity contribution in [3.8, 4) is 0 Å². The van der Waals surface area contributed by atoms with Crippen molar-refractivity contribution in [2.45, 2.75) is 30.2 Å². The summed E-state index contributed by atoms with van der Waals surface area (Å²) in [5, 5.41) is 7.69. The average Bonchev–Trinajstić information content (AvgIpc) is 2.38. The summed E-state index contributed by atoms with van der Waals surface area (Å²) < 4.78 is 35.8. The number of halogens is 1. The van der Waals surface area contributed by atoms with Gasteiger partial charge >= 0.3 is 0 Å². The van der Waals surface area contributed by atoms with Crippen molar-refractivity contribution in [3.63, 3.8) is 0 Å². The first-order chi connectivity index (χ1) is 9.36. The van der Waals surface area contributed by atoms with Crippen molar-refractivity contribution < 1.29 is 17.6 Å². The molecule has 0 radical (unpaired) electrons. The smallest absolute Gasteiger partial charge is 0.251 e. The lowest BCUT2D eigenvalue weighted by Crippen LogP contribution is -2.35. The fourth-order valence-electron chi connectivity index (χ4n) is 2.05. The minimum absolute atomic E-state index is 0.0197. The fourth-order valence-corrected chi connectivity index (χ4v) is 2.62. The lowest BCUT2D eigenvalue weighted by molar-refractivity contribution is 0.0934. The van der Waals surface area contributed by atoms with Gasteiger partial charge in [0, 0.05) is 11.6 Å². The molecule has 0 fully saturated rings. The van der Waals surface area contributed by atoms with Gasteiger partial charge in [-0.2, -0.15) is 0 Å². The number of carbonyl (C=O) groups is 1. The number of hydrogen-bond donors (Lipinski definition) is 2. The van der Waals surface area contributed by atoms with Crippen LogP contribution in [0.25, 0.3) is 0 Å². The molecule has 0 aromatic heterocycles. The lowest BCUT2D eigenvalue weighted by Gasteiger charge is -2.19. The molecule has 1 unspecified atom stereocenters. The van der Waals surface area contributed by atoms with Gasteiger partial charge in [0.15, 0.2) is 0 Å². The standard InChI is InChI=1S/C13H15FN2O3S/c14-10-6-9(7-12(8-10)20(15,18)19)13(17)16-11-4-2-1-3-5-11/h1-2,6-8,11H,3-5H2,(H,16,17)(H2,15,18,19). The van der Waals surface area contributed by atoms with Crippen molar-refractivity contribution in [1.29, 1.82) is 0 Å². The van der Waals surface area contributed by atoms with Crippen LogP contribution in [0.2, 0.25) is 0 Å². The first-order valence-electron chi connectivity index (χ1n) is 6.15. The molecule has 1 aromatic carbocycles. The third kappa shape index (κ3) is 3.64. The van der Waals surface area contributed by atoms with Gasteiger partial charge in [0.2, 0.25) is 10.0 Å². The molecule has 0 spiro atoms. The highest BCUT2D eigenvalue weighted by atomic mass is 32.2. The number of rotatable bonds is 3. The topological polar surface area (TPSA) is 89.3 Å². The van der Waals surface area contributed by atoms with Gasteiger partial charge in [-0.25, -0.2) is 17.9 Å². The number of benzene rings is 1. The van der Waals surface area contributed by atoms with E-state index in [0.717, 1.165) is 31.0 Å². The van der Waals surface area contributed by atoms with Gasteiger partial charge in [-0.05, 0) is 37.5 Å². The summed E-state index contributed by atoms with van der Waals surface area (Å²) in [6, 6.07) is 2.83. The summed E-state index contributed by atoms with van der Waals surface area (Å²) in [5.41, 5.74) is -0.0522. The van der Waals surface area contributed by atoms with E-state index >= 15 is 0 Å². The predicted molar refractivity (Wildman–Crippen MR) is 72.0 cm³/mol. The summed E-state index contributed by atoms with van der Waals surface area (Å²) in [4.78, 5) is 11.6. The first kappa shape index (κ1) is 14.7. The quantitative estimate of drug-likeness (QED) is 0.825. The minimum atomic E-state index is -4.05. The van der Waals surface area contributed by atoms with Crippen LogP contribution in [0.4, 0.5) is 4.39 Å².